The van der Waals surface area contributed by atoms with Crippen molar-refractivity contribution in [3.8, 4) is 5.75 Å². The SMILES string of the molecule is Fc1ccc(COc2ccncc2)c(F)c1. The summed E-state index contributed by atoms with van der Waals surface area (Å²) in [7, 11) is 0. The van der Waals surface area contributed by atoms with Crippen LogP contribution in [0.4, 0.5) is 8.78 Å². The van der Waals surface area contributed by atoms with Crippen LogP contribution in [0.2, 0.25) is 0 Å². The molecule has 0 spiro atoms. The van der Waals surface area contributed by atoms with Gasteiger partial charge in [-0.15, -0.1) is 0 Å². The quantitative estimate of drug-likeness (QED) is 0.795. The van der Waals surface area contributed by atoms with Gasteiger partial charge in [0.1, 0.15) is 24.0 Å². The molecule has 4 heteroatoms. The molecule has 0 unspecified atom stereocenters. The van der Waals surface area contributed by atoms with Crippen molar-refractivity contribution in [1.82, 2.24) is 4.98 Å². The number of rotatable bonds is 3. The molecule has 0 amide bonds. The van der Waals surface area contributed by atoms with Gasteiger partial charge < -0.3 is 4.74 Å². The summed E-state index contributed by atoms with van der Waals surface area (Å²) in [6, 6.07) is 6.74. The predicted octanol–water partition coefficient (Wildman–Crippen LogP) is 2.94. The van der Waals surface area contributed by atoms with Crippen molar-refractivity contribution < 1.29 is 13.5 Å². The minimum Gasteiger partial charge on any atom is -0.489 e. The zero-order chi connectivity index (χ0) is 11.4. The number of nitrogens with zero attached hydrogens (tertiary/aromatic N) is 1. The van der Waals surface area contributed by atoms with Crippen LogP contribution in [-0.2, 0) is 6.61 Å². The Kier molecular flexibility index (Phi) is 3.10. The molecule has 16 heavy (non-hydrogen) atoms. The van der Waals surface area contributed by atoms with E-state index < -0.39 is 11.6 Å². The van der Waals surface area contributed by atoms with Crippen LogP contribution in [0.15, 0.2) is 42.7 Å². The number of aromatic nitrogens is 1. The summed E-state index contributed by atoms with van der Waals surface area (Å²) in [6.45, 7) is 0.0656. The summed E-state index contributed by atoms with van der Waals surface area (Å²) >= 11 is 0. The maximum Gasteiger partial charge on any atom is 0.132 e. The molecular formula is C12H9F2NO. The molecule has 1 heterocycles. The number of halogens is 2. The first-order chi connectivity index (χ1) is 7.75. The van der Waals surface area contributed by atoms with Gasteiger partial charge in [0.2, 0.25) is 0 Å². The van der Waals surface area contributed by atoms with E-state index in [-0.39, 0.29) is 6.61 Å². The Morgan fingerprint density at radius 3 is 2.50 bits per heavy atom. The second-order valence-corrected chi connectivity index (χ2v) is 3.21. The van der Waals surface area contributed by atoms with Gasteiger partial charge in [-0.3, -0.25) is 4.98 Å². The van der Waals surface area contributed by atoms with Crippen LogP contribution in [0.25, 0.3) is 0 Å². The van der Waals surface area contributed by atoms with E-state index in [1.54, 1.807) is 24.5 Å². The lowest BCUT2D eigenvalue weighted by Crippen LogP contribution is -1.98. The summed E-state index contributed by atoms with van der Waals surface area (Å²) in [4.78, 5) is 3.83. The number of ether oxygens (including phenoxy) is 1. The van der Waals surface area contributed by atoms with Gasteiger partial charge in [0.05, 0.1) is 0 Å². The van der Waals surface area contributed by atoms with Crippen LogP contribution in [0.5, 0.6) is 5.75 Å². The van der Waals surface area contributed by atoms with Crippen LogP contribution < -0.4 is 4.74 Å². The Balaban J connectivity index is 2.05. The molecule has 0 N–H and O–H groups in total. The van der Waals surface area contributed by atoms with Crippen LogP contribution in [0.3, 0.4) is 0 Å². The number of pyridine rings is 1. The lowest BCUT2D eigenvalue weighted by atomic mass is 10.2. The normalized spacial score (nSPS) is 10.1. The van der Waals surface area contributed by atoms with E-state index in [1.165, 1.54) is 12.1 Å². The second kappa shape index (κ2) is 4.70. The van der Waals surface area contributed by atoms with Gasteiger partial charge in [0, 0.05) is 24.0 Å². The molecule has 0 bridgehead atoms. The van der Waals surface area contributed by atoms with E-state index in [4.69, 9.17) is 4.74 Å². The molecule has 2 nitrogen and oxygen atoms in total. The molecule has 2 rings (SSSR count). The van der Waals surface area contributed by atoms with Gasteiger partial charge in [0.25, 0.3) is 0 Å². The highest BCUT2D eigenvalue weighted by molar-refractivity contribution is 5.21. The maximum absolute atomic E-state index is 13.2. The van der Waals surface area contributed by atoms with Crippen LogP contribution >= 0.6 is 0 Å². The third-order valence-electron chi connectivity index (χ3n) is 2.06. The summed E-state index contributed by atoms with van der Waals surface area (Å²) in [6.07, 6.45) is 3.16. The molecular weight excluding hydrogens is 212 g/mol. The third kappa shape index (κ3) is 2.53. The van der Waals surface area contributed by atoms with Crippen molar-refractivity contribution in [2.45, 2.75) is 6.61 Å². The highest BCUT2D eigenvalue weighted by Crippen LogP contribution is 2.14. The van der Waals surface area contributed by atoms with Crippen molar-refractivity contribution in [3.63, 3.8) is 0 Å². The van der Waals surface area contributed by atoms with Crippen molar-refractivity contribution in [3.05, 3.63) is 59.9 Å². The fourth-order valence-corrected chi connectivity index (χ4v) is 1.23. The first kappa shape index (κ1) is 10.5. The van der Waals surface area contributed by atoms with Crippen LogP contribution in [-0.4, -0.2) is 4.98 Å². The van der Waals surface area contributed by atoms with Crippen LogP contribution in [0, 0.1) is 11.6 Å². The topological polar surface area (TPSA) is 22.1 Å². The Bertz CT molecular complexity index is 474. The number of hydrogen-bond donors (Lipinski definition) is 0. The Labute approximate surface area is 91.5 Å². The lowest BCUT2D eigenvalue weighted by molar-refractivity contribution is 0.299. The minimum absolute atomic E-state index is 0.0656. The molecule has 1 aromatic carbocycles. The van der Waals surface area contributed by atoms with Gasteiger partial charge in [0.15, 0.2) is 0 Å². The van der Waals surface area contributed by atoms with E-state index in [2.05, 4.69) is 4.98 Å². The lowest BCUT2D eigenvalue weighted by Gasteiger charge is -2.06. The molecule has 0 fully saturated rings. The van der Waals surface area contributed by atoms with E-state index >= 15 is 0 Å². The van der Waals surface area contributed by atoms with E-state index in [0.29, 0.717) is 11.3 Å². The summed E-state index contributed by atoms with van der Waals surface area (Å²) in [5, 5.41) is 0. The minimum atomic E-state index is -0.603. The molecule has 0 aliphatic rings. The van der Waals surface area contributed by atoms with Crippen molar-refractivity contribution in [2.75, 3.05) is 0 Å². The van der Waals surface area contributed by atoms with Gasteiger partial charge in [-0.25, -0.2) is 8.78 Å². The third-order valence-corrected chi connectivity index (χ3v) is 2.06. The molecule has 82 valence electrons. The molecule has 0 atom stereocenters. The predicted molar refractivity (Wildman–Crippen MR) is 54.9 cm³/mol. The fourth-order valence-electron chi connectivity index (χ4n) is 1.23. The van der Waals surface area contributed by atoms with Crippen molar-refractivity contribution in [1.29, 1.82) is 0 Å². The molecule has 0 saturated heterocycles. The molecule has 1 aromatic heterocycles. The van der Waals surface area contributed by atoms with Gasteiger partial charge in [-0.2, -0.15) is 0 Å². The zero-order valence-electron chi connectivity index (χ0n) is 8.36. The van der Waals surface area contributed by atoms with E-state index in [0.717, 1.165) is 6.07 Å². The molecule has 0 saturated carbocycles. The highest BCUT2D eigenvalue weighted by Gasteiger charge is 2.04. The zero-order valence-corrected chi connectivity index (χ0v) is 8.36. The first-order valence-electron chi connectivity index (χ1n) is 4.72. The van der Waals surface area contributed by atoms with Gasteiger partial charge >= 0.3 is 0 Å². The maximum atomic E-state index is 13.2. The van der Waals surface area contributed by atoms with E-state index in [1.807, 2.05) is 0 Å². The fraction of sp³-hybridized carbons (Fsp3) is 0.0833. The first-order valence-corrected chi connectivity index (χ1v) is 4.72. The standard InChI is InChI=1S/C12H9F2NO/c13-10-2-1-9(12(14)7-10)8-16-11-3-5-15-6-4-11/h1-7H,8H2. The molecule has 0 radical (unpaired) electrons. The number of hydrogen-bond acceptors (Lipinski definition) is 2. The van der Waals surface area contributed by atoms with E-state index in [9.17, 15) is 8.78 Å². The summed E-state index contributed by atoms with van der Waals surface area (Å²) in [5.41, 5.74) is 0.318. The Morgan fingerprint density at radius 1 is 1.06 bits per heavy atom. The average molecular weight is 221 g/mol. The summed E-state index contributed by atoms with van der Waals surface area (Å²) in [5.74, 6) is -0.599. The monoisotopic (exact) mass is 221 g/mol. The molecule has 0 aliphatic heterocycles. The van der Waals surface area contributed by atoms with Crippen molar-refractivity contribution in [2.24, 2.45) is 0 Å². The highest BCUT2D eigenvalue weighted by atomic mass is 19.1. The Hall–Kier alpha value is -1.97. The van der Waals surface area contributed by atoms with Crippen LogP contribution in [0.1, 0.15) is 5.56 Å². The Morgan fingerprint density at radius 2 is 1.81 bits per heavy atom. The number of benzene rings is 1. The summed E-state index contributed by atoms with van der Waals surface area (Å²) < 4.78 is 31.2. The van der Waals surface area contributed by atoms with Gasteiger partial charge in [-0.1, -0.05) is 0 Å². The van der Waals surface area contributed by atoms with Gasteiger partial charge in [-0.05, 0) is 24.3 Å². The second-order valence-electron chi connectivity index (χ2n) is 3.21. The molecule has 0 aliphatic carbocycles. The average Bonchev–Trinajstić information content (AvgIpc) is 2.29. The molecule has 2 aromatic rings. The van der Waals surface area contributed by atoms with Crippen molar-refractivity contribution >= 4 is 0 Å². The smallest absolute Gasteiger partial charge is 0.132 e. The largest absolute Gasteiger partial charge is 0.489 e.